The maximum atomic E-state index is 13.6. The smallest absolute Gasteiger partial charge is 0.333 e. The molecule has 0 aliphatic carbocycles. The van der Waals surface area contributed by atoms with Crippen molar-refractivity contribution < 1.29 is 31.1 Å². The van der Waals surface area contributed by atoms with Gasteiger partial charge in [0.1, 0.15) is 5.82 Å². The summed E-state index contributed by atoms with van der Waals surface area (Å²) in [5, 5.41) is 6.50. The fourth-order valence-corrected chi connectivity index (χ4v) is 2.55. The summed E-state index contributed by atoms with van der Waals surface area (Å²) in [5.41, 5.74) is -0.341. The number of hydrogen-bond acceptors (Lipinski definition) is 3. The van der Waals surface area contributed by atoms with Crippen LogP contribution in [0.5, 0.6) is 0 Å². The monoisotopic (exact) mass is 364 g/mol. The van der Waals surface area contributed by atoms with Crippen LogP contribution >= 0.6 is 0 Å². The molecule has 0 N–H and O–H groups in total. The molecule has 1 aliphatic heterocycles. The number of fused-ring (bicyclic) bond motifs is 1. The first kappa shape index (κ1) is 17.2. The van der Waals surface area contributed by atoms with Crippen molar-refractivity contribution in [1.29, 1.82) is 0 Å². The molecular formula is C14H10F6N4O. The van der Waals surface area contributed by atoms with Gasteiger partial charge in [0, 0.05) is 24.7 Å². The predicted octanol–water partition coefficient (Wildman–Crippen LogP) is 2.30. The third kappa shape index (κ3) is 3.30. The van der Waals surface area contributed by atoms with E-state index >= 15 is 0 Å². The Bertz CT molecular complexity index is 831. The van der Waals surface area contributed by atoms with Crippen molar-refractivity contribution in [3.8, 4) is 0 Å². The van der Waals surface area contributed by atoms with E-state index in [1.807, 2.05) is 0 Å². The molecule has 3 rings (SSSR count). The highest BCUT2D eigenvalue weighted by Crippen LogP contribution is 2.29. The zero-order valence-corrected chi connectivity index (χ0v) is 12.4. The predicted molar refractivity (Wildman–Crippen MR) is 70.5 cm³/mol. The first-order valence-corrected chi connectivity index (χ1v) is 7.07. The zero-order valence-electron chi connectivity index (χ0n) is 12.4. The van der Waals surface area contributed by atoms with Crippen molar-refractivity contribution in [3.05, 3.63) is 46.8 Å². The van der Waals surface area contributed by atoms with Crippen LogP contribution in [-0.2, 0) is 30.5 Å². The van der Waals surface area contributed by atoms with E-state index in [2.05, 4.69) is 10.2 Å². The number of hydrogen-bond donors (Lipinski definition) is 0. The molecule has 2 heterocycles. The van der Waals surface area contributed by atoms with E-state index in [1.165, 1.54) is 0 Å². The molecular weight excluding hydrogens is 354 g/mol. The molecule has 134 valence electrons. The quantitative estimate of drug-likeness (QED) is 0.607. The number of nitrogens with zero attached hydrogens (tertiary/aromatic N) is 4. The minimum absolute atomic E-state index is 0.0577. The number of carbonyl (C=O) groups is 1. The van der Waals surface area contributed by atoms with Crippen LogP contribution in [-0.4, -0.2) is 32.1 Å². The maximum Gasteiger partial charge on any atom is 0.451 e. The second kappa shape index (κ2) is 6.05. The van der Waals surface area contributed by atoms with E-state index < -0.39 is 41.8 Å². The molecule has 25 heavy (non-hydrogen) atoms. The molecule has 0 unspecified atom stereocenters. The largest absolute Gasteiger partial charge is 0.451 e. The highest BCUT2D eigenvalue weighted by molar-refractivity contribution is 5.78. The minimum atomic E-state index is -4.66. The van der Waals surface area contributed by atoms with Gasteiger partial charge in [0.25, 0.3) is 0 Å². The molecule has 0 radical (unpaired) electrons. The Hall–Kier alpha value is -2.59. The molecule has 11 heteroatoms. The molecule has 0 saturated heterocycles. The fraction of sp³-hybridized carbons (Fsp3) is 0.357. The van der Waals surface area contributed by atoms with Crippen LogP contribution < -0.4 is 0 Å². The number of alkyl halides is 3. The van der Waals surface area contributed by atoms with Crippen LogP contribution in [0.1, 0.15) is 17.2 Å². The Morgan fingerprint density at radius 3 is 2.40 bits per heavy atom. The van der Waals surface area contributed by atoms with Gasteiger partial charge in [0.15, 0.2) is 17.5 Å². The second-order valence-electron chi connectivity index (χ2n) is 5.44. The maximum absolute atomic E-state index is 13.6. The van der Waals surface area contributed by atoms with Crippen molar-refractivity contribution in [2.24, 2.45) is 0 Å². The van der Waals surface area contributed by atoms with Crippen molar-refractivity contribution in [2.75, 3.05) is 6.54 Å². The van der Waals surface area contributed by atoms with Crippen LogP contribution in [0.3, 0.4) is 0 Å². The lowest BCUT2D eigenvalue weighted by atomic mass is 10.1. The molecule has 1 aromatic carbocycles. The van der Waals surface area contributed by atoms with Crippen LogP contribution in [0.4, 0.5) is 26.3 Å². The van der Waals surface area contributed by atoms with Gasteiger partial charge in [-0.1, -0.05) is 0 Å². The SMILES string of the molecule is O=C(Cc1cc(F)c(F)cc1F)N1CCn2c(nnc2C(F)(F)F)C1. The van der Waals surface area contributed by atoms with Crippen LogP contribution in [0, 0.1) is 17.5 Å². The molecule has 1 aliphatic rings. The molecule has 0 saturated carbocycles. The molecule has 0 bridgehead atoms. The molecule has 0 spiro atoms. The molecule has 1 amide bonds. The molecule has 5 nitrogen and oxygen atoms in total. The van der Waals surface area contributed by atoms with Crippen LogP contribution in [0.2, 0.25) is 0 Å². The highest BCUT2D eigenvalue weighted by atomic mass is 19.4. The number of carbonyl (C=O) groups excluding carboxylic acids is 1. The normalized spacial score (nSPS) is 14.6. The summed E-state index contributed by atoms with van der Waals surface area (Å²) in [7, 11) is 0. The van der Waals surface area contributed by atoms with E-state index in [1.54, 1.807) is 0 Å². The van der Waals surface area contributed by atoms with Gasteiger partial charge in [-0.05, 0) is 6.07 Å². The summed E-state index contributed by atoms with van der Waals surface area (Å²) in [6.07, 6.45) is -5.21. The van der Waals surface area contributed by atoms with Gasteiger partial charge < -0.3 is 9.47 Å². The van der Waals surface area contributed by atoms with E-state index in [-0.39, 0.29) is 31.0 Å². The Morgan fingerprint density at radius 1 is 1.04 bits per heavy atom. The number of rotatable bonds is 2. The van der Waals surface area contributed by atoms with Gasteiger partial charge in [0.05, 0.1) is 13.0 Å². The lowest BCUT2D eigenvalue weighted by molar-refractivity contribution is -0.148. The van der Waals surface area contributed by atoms with E-state index in [9.17, 15) is 31.1 Å². The van der Waals surface area contributed by atoms with Crippen molar-refractivity contribution in [3.63, 3.8) is 0 Å². The average molecular weight is 364 g/mol. The van der Waals surface area contributed by atoms with Gasteiger partial charge in [-0.25, -0.2) is 13.2 Å². The van der Waals surface area contributed by atoms with Gasteiger partial charge in [-0.2, -0.15) is 13.2 Å². The summed E-state index contributed by atoms with van der Waals surface area (Å²) < 4.78 is 78.8. The summed E-state index contributed by atoms with van der Waals surface area (Å²) in [6.45, 7) is -0.491. The summed E-state index contributed by atoms with van der Waals surface area (Å²) in [6, 6.07) is 0.914. The number of benzene rings is 1. The van der Waals surface area contributed by atoms with Gasteiger partial charge in [0.2, 0.25) is 11.7 Å². The highest BCUT2D eigenvalue weighted by Gasteiger charge is 2.39. The Morgan fingerprint density at radius 2 is 1.72 bits per heavy atom. The van der Waals surface area contributed by atoms with E-state index in [0.717, 1.165) is 9.47 Å². The lowest BCUT2D eigenvalue weighted by Gasteiger charge is -2.28. The Balaban J connectivity index is 1.75. The van der Waals surface area contributed by atoms with Crippen molar-refractivity contribution in [1.82, 2.24) is 19.7 Å². The standard InChI is InChI=1S/C14H10F6N4O/c15-8-5-10(17)9(16)3-7(8)4-12(25)23-1-2-24-11(6-23)21-22-13(24)14(18,19)20/h3,5H,1-2,4,6H2. The Labute approximate surface area is 136 Å². The number of aromatic nitrogens is 3. The third-order valence-electron chi connectivity index (χ3n) is 3.79. The third-order valence-corrected chi connectivity index (χ3v) is 3.79. The van der Waals surface area contributed by atoms with Crippen molar-refractivity contribution in [2.45, 2.75) is 25.7 Å². The van der Waals surface area contributed by atoms with Crippen LogP contribution in [0.25, 0.3) is 0 Å². The average Bonchev–Trinajstić information content (AvgIpc) is 2.95. The van der Waals surface area contributed by atoms with Crippen molar-refractivity contribution >= 4 is 5.91 Å². The first-order chi connectivity index (χ1) is 11.7. The van der Waals surface area contributed by atoms with Gasteiger partial charge >= 0.3 is 6.18 Å². The molecule has 2 aromatic rings. The summed E-state index contributed by atoms with van der Waals surface area (Å²) in [4.78, 5) is 13.4. The molecule has 0 atom stereocenters. The van der Waals surface area contributed by atoms with Gasteiger partial charge in [-0.3, -0.25) is 4.79 Å². The van der Waals surface area contributed by atoms with Gasteiger partial charge in [-0.15, -0.1) is 10.2 Å². The Kier molecular flexibility index (Phi) is 4.17. The number of halogens is 6. The number of amides is 1. The fourth-order valence-electron chi connectivity index (χ4n) is 2.55. The van der Waals surface area contributed by atoms with E-state index in [0.29, 0.717) is 12.1 Å². The van der Waals surface area contributed by atoms with E-state index in [4.69, 9.17) is 0 Å². The minimum Gasteiger partial charge on any atom is -0.333 e. The molecule has 0 fully saturated rings. The lowest BCUT2D eigenvalue weighted by Crippen LogP contribution is -2.40. The summed E-state index contributed by atoms with van der Waals surface area (Å²) >= 11 is 0. The zero-order chi connectivity index (χ0) is 18.4. The van der Waals surface area contributed by atoms with Crippen LogP contribution in [0.15, 0.2) is 12.1 Å². The second-order valence-corrected chi connectivity index (χ2v) is 5.44. The topological polar surface area (TPSA) is 51.0 Å². The summed E-state index contributed by atoms with van der Waals surface area (Å²) in [5.74, 6) is -5.60. The molecule has 1 aromatic heterocycles. The first-order valence-electron chi connectivity index (χ1n) is 7.07.